The zero-order valence-electron chi connectivity index (χ0n) is 33.6. The number of benzene rings is 2. The Balaban J connectivity index is 1.18. The molecular weight excluding hydrogens is 750 g/mol. The van der Waals surface area contributed by atoms with Crippen LogP contribution in [0.4, 0.5) is 0 Å². The highest BCUT2D eigenvalue weighted by molar-refractivity contribution is 6.48. The maximum Gasteiger partial charge on any atom is 0.482 e. The van der Waals surface area contributed by atoms with E-state index in [0.29, 0.717) is 42.2 Å². The number of likely N-dealkylation sites (tertiary alicyclic amines) is 1. The molecule has 13 heteroatoms. The number of hydrogen-bond acceptors (Lipinski definition) is 7. The van der Waals surface area contributed by atoms with Crippen molar-refractivity contribution in [3.8, 4) is 6.07 Å². The van der Waals surface area contributed by atoms with Crippen LogP contribution >= 0.6 is 23.2 Å². The van der Waals surface area contributed by atoms with E-state index in [-0.39, 0.29) is 53.2 Å². The van der Waals surface area contributed by atoms with Crippen molar-refractivity contribution in [1.82, 2.24) is 15.5 Å². The van der Waals surface area contributed by atoms with Gasteiger partial charge in [0.15, 0.2) is 0 Å². The topological polar surface area (TPSA) is 130 Å². The molecule has 56 heavy (non-hydrogen) atoms. The molecule has 0 radical (unpaired) electrons. The number of halogens is 2. The van der Waals surface area contributed by atoms with Gasteiger partial charge in [-0.25, -0.2) is 0 Å². The van der Waals surface area contributed by atoms with Crippen molar-refractivity contribution in [3.63, 3.8) is 0 Å². The van der Waals surface area contributed by atoms with E-state index in [9.17, 15) is 19.6 Å². The second kappa shape index (κ2) is 17.8. The predicted molar refractivity (Wildman–Crippen MR) is 218 cm³/mol. The van der Waals surface area contributed by atoms with Crippen molar-refractivity contribution in [2.24, 2.45) is 35.0 Å². The van der Waals surface area contributed by atoms with Crippen molar-refractivity contribution < 1.29 is 28.4 Å². The number of nitrogens with one attached hydrogen (secondary N) is 2. The normalized spacial score (nSPS) is 27.1. The first-order valence-electron chi connectivity index (χ1n) is 20.3. The molecule has 3 saturated carbocycles. The molecule has 5 aliphatic rings. The number of hydrogen-bond donors (Lipinski definition) is 2. The van der Waals surface area contributed by atoms with Crippen LogP contribution < -0.4 is 10.6 Å². The summed E-state index contributed by atoms with van der Waals surface area (Å²) < 4.78 is 19.7. The third kappa shape index (κ3) is 9.10. The van der Waals surface area contributed by atoms with Crippen LogP contribution in [0.25, 0.3) is 0 Å². The second-order valence-electron chi connectivity index (χ2n) is 17.7. The van der Waals surface area contributed by atoms with Crippen molar-refractivity contribution in [1.29, 1.82) is 5.26 Å². The number of rotatable bonds is 16. The Morgan fingerprint density at radius 2 is 1.80 bits per heavy atom. The van der Waals surface area contributed by atoms with Crippen LogP contribution in [0, 0.1) is 46.3 Å². The molecule has 7 rings (SSSR count). The van der Waals surface area contributed by atoms with Gasteiger partial charge in [0.1, 0.15) is 12.0 Å². The maximum absolute atomic E-state index is 14.4. The van der Waals surface area contributed by atoms with Crippen LogP contribution in [-0.2, 0) is 30.1 Å². The van der Waals surface area contributed by atoms with Crippen molar-refractivity contribution in [2.45, 2.75) is 116 Å². The van der Waals surface area contributed by atoms with Gasteiger partial charge in [-0.15, -0.1) is 0 Å². The van der Waals surface area contributed by atoms with E-state index < -0.39 is 42.4 Å². The van der Waals surface area contributed by atoms with E-state index in [4.69, 9.17) is 37.2 Å². The van der Waals surface area contributed by atoms with E-state index in [1.165, 1.54) is 12.1 Å². The number of carbonyl (C=O) groups is 3. The minimum atomic E-state index is -1.14. The zero-order valence-corrected chi connectivity index (χ0v) is 35.1. The third-order valence-corrected chi connectivity index (χ3v) is 13.7. The molecule has 2 N–H and O–H groups in total. The van der Waals surface area contributed by atoms with Gasteiger partial charge in [-0.05, 0) is 98.3 Å². The van der Waals surface area contributed by atoms with Gasteiger partial charge < -0.3 is 29.6 Å². The quantitative estimate of drug-likeness (QED) is 0.170. The molecule has 2 bridgehead atoms. The van der Waals surface area contributed by atoms with Gasteiger partial charge in [-0.3, -0.25) is 14.4 Å². The van der Waals surface area contributed by atoms with E-state index in [0.717, 1.165) is 37.7 Å². The summed E-state index contributed by atoms with van der Waals surface area (Å²) in [6.45, 7) is 13.5. The van der Waals surface area contributed by atoms with E-state index >= 15 is 0 Å². The molecule has 302 valence electrons. The molecule has 3 aliphatic carbocycles. The molecule has 2 aromatic rings. The molecule has 10 nitrogen and oxygen atoms in total. The van der Waals surface area contributed by atoms with Gasteiger partial charge in [-0.2, -0.15) is 5.26 Å². The molecule has 9 atom stereocenters. The first-order valence-corrected chi connectivity index (χ1v) is 21.1. The maximum atomic E-state index is 14.4. The molecule has 0 spiro atoms. The Morgan fingerprint density at radius 3 is 2.50 bits per heavy atom. The summed E-state index contributed by atoms with van der Waals surface area (Å²) in [5.41, 5.74) is 0.791. The van der Waals surface area contributed by atoms with E-state index in [1.54, 1.807) is 11.0 Å². The van der Waals surface area contributed by atoms with Gasteiger partial charge >= 0.3 is 7.12 Å². The summed E-state index contributed by atoms with van der Waals surface area (Å²) in [6.07, 6.45) is 5.59. The fourth-order valence-electron chi connectivity index (χ4n) is 9.52. The van der Waals surface area contributed by atoms with E-state index in [2.05, 4.69) is 51.3 Å². The highest BCUT2D eigenvalue weighted by Gasteiger charge is 2.68. The second-order valence-corrected chi connectivity index (χ2v) is 18.6. The van der Waals surface area contributed by atoms with Gasteiger partial charge in [0, 0.05) is 11.6 Å². The molecule has 0 aromatic heterocycles. The highest BCUT2D eigenvalue weighted by atomic mass is 35.5. The molecule has 2 unspecified atom stereocenters. The Bertz CT molecular complexity index is 1780. The fraction of sp³-hybridized carbons (Fsp3) is 0.628. The molecular formula is C43H57BCl2N4O6. The predicted octanol–water partition coefficient (Wildman–Crippen LogP) is 7.31. The molecule has 2 saturated heterocycles. The number of nitriles is 1. The van der Waals surface area contributed by atoms with Crippen molar-refractivity contribution >= 4 is 48.0 Å². The lowest BCUT2D eigenvalue weighted by Crippen LogP contribution is -2.65. The monoisotopic (exact) mass is 806 g/mol. The molecule has 2 heterocycles. The van der Waals surface area contributed by atoms with Crippen LogP contribution in [0.5, 0.6) is 0 Å². The summed E-state index contributed by atoms with van der Waals surface area (Å²) >= 11 is 12.6. The van der Waals surface area contributed by atoms with Crippen LogP contribution in [0.3, 0.4) is 0 Å². The van der Waals surface area contributed by atoms with Gasteiger partial charge in [0.2, 0.25) is 11.8 Å². The average Bonchev–Trinajstić information content (AvgIpc) is 3.78. The van der Waals surface area contributed by atoms with Crippen LogP contribution in [0.1, 0.15) is 96.0 Å². The lowest BCUT2D eigenvalue weighted by atomic mass is 9.43. The Hall–Kier alpha value is -3.14. The summed E-state index contributed by atoms with van der Waals surface area (Å²) in [5, 5.41) is 16.6. The van der Waals surface area contributed by atoms with Crippen LogP contribution in [0.15, 0.2) is 48.5 Å². The first-order chi connectivity index (χ1) is 26.6. The number of ether oxygens (including phenoxy) is 1. The van der Waals surface area contributed by atoms with Crippen LogP contribution in [-0.4, -0.2) is 79.2 Å². The molecule has 5 fully saturated rings. The summed E-state index contributed by atoms with van der Waals surface area (Å²) in [6, 6.07) is 15.3. The van der Waals surface area contributed by atoms with Gasteiger partial charge in [-0.1, -0.05) is 94.6 Å². The number of nitrogens with zero attached hydrogens (tertiary/aromatic N) is 2. The lowest BCUT2D eigenvalue weighted by molar-refractivity contribution is -0.199. The smallest absolute Gasteiger partial charge is 0.404 e. The van der Waals surface area contributed by atoms with Crippen molar-refractivity contribution in [2.75, 3.05) is 19.8 Å². The van der Waals surface area contributed by atoms with Gasteiger partial charge in [0.25, 0.3) is 5.91 Å². The molecule has 2 aromatic carbocycles. The summed E-state index contributed by atoms with van der Waals surface area (Å²) in [4.78, 5) is 43.6. The van der Waals surface area contributed by atoms with Gasteiger partial charge in [0.05, 0.1) is 53.6 Å². The number of amides is 3. The number of carbonyl (C=O) groups excluding carboxylic acids is 3. The van der Waals surface area contributed by atoms with Crippen molar-refractivity contribution in [3.05, 3.63) is 69.7 Å². The summed E-state index contributed by atoms with van der Waals surface area (Å²) in [5.74, 6) is -1.23. The Labute approximate surface area is 342 Å². The first kappa shape index (κ1) is 42.5. The summed E-state index contributed by atoms with van der Waals surface area (Å²) in [7, 11) is -0.710. The Kier molecular flexibility index (Phi) is 13.5. The fourth-order valence-corrected chi connectivity index (χ4v) is 9.89. The Morgan fingerprint density at radius 1 is 1.05 bits per heavy atom. The lowest BCUT2D eigenvalue weighted by Gasteiger charge is -2.64. The van der Waals surface area contributed by atoms with E-state index in [1.807, 2.05) is 37.3 Å². The third-order valence-electron chi connectivity index (χ3n) is 13.1. The standard InChI is InChI=1S/C43H57BCl2N4O6/c1-26(2)14-15-27(3)33(23-47)41(53)50-18-10-13-31(50)24-54-25-35(48-39(51)32-22-30(45)16-17-34(32)46)40(52)49-38(19-28-11-8-7-9-12-28)44-55-37-21-29-20-36(42(29,4)5)43(37,6)56-44/h7-9,11-12,16-17,22,26-27,29,31,33,35-38H,10,13-15,18-21,24-25H2,1-6H3,(H,48,51)(H,49,52)/t27?,29-,31-,33?,35+,36+,37-,38+,43+/m1/s1. The minimum absolute atomic E-state index is 0.0703. The largest absolute Gasteiger partial charge is 0.482 e. The zero-order chi connectivity index (χ0) is 40.4. The molecule has 2 aliphatic heterocycles. The highest BCUT2D eigenvalue weighted by Crippen LogP contribution is 2.65. The SMILES string of the molecule is CC(C)CCC(C)C(C#N)C(=O)N1CCC[C@@H]1COC[C@H](NC(=O)c1cc(Cl)ccc1Cl)C(=O)N[C@@H](Cc1ccccc1)B1O[C@@H]2C[C@H]3C[C@@H](C3(C)C)[C@]2(C)O1. The van der Waals surface area contributed by atoms with Crippen LogP contribution in [0.2, 0.25) is 10.0 Å². The average molecular weight is 808 g/mol. The minimum Gasteiger partial charge on any atom is -0.404 e. The molecule has 3 amide bonds.